The Morgan fingerprint density at radius 1 is 1.38 bits per heavy atom. The van der Waals surface area contributed by atoms with E-state index in [4.69, 9.17) is 0 Å². The zero-order valence-electron chi connectivity index (χ0n) is 8.90. The van der Waals surface area contributed by atoms with Crippen molar-refractivity contribution in [2.24, 2.45) is 0 Å². The predicted molar refractivity (Wildman–Crippen MR) is 65.3 cm³/mol. The lowest BCUT2D eigenvalue weighted by molar-refractivity contribution is 0.0546. The van der Waals surface area contributed by atoms with Crippen molar-refractivity contribution >= 4 is 21.8 Å². The summed E-state index contributed by atoms with van der Waals surface area (Å²) in [4.78, 5) is 13.9. The number of hydrogen-bond acceptors (Lipinski definition) is 2. The first-order valence-corrected chi connectivity index (χ1v) is 6.19. The summed E-state index contributed by atoms with van der Waals surface area (Å²) in [5.41, 5.74) is 0.700. The van der Waals surface area contributed by atoms with Gasteiger partial charge in [-0.1, -0.05) is 22.0 Å². The topological polar surface area (TPSA) is 40.5 Å². The van der Waals surface area contributed by atoms with Crippen molar-refractivity contribution in [3.05, 3.63) is 34.3 Å². The lowest BCUT2D eigenvalue weighted by Crippen LogP contribution is -2.40. The van der Waals surface area contributed by atoms with Gasteiger partial charge in [-0.15, -0.1) is 0 Å². The summed E-state index contributed by atoms with van der Waals surface area (Å²) in [7, 11) is 0. The van der Waals surface area contributed by atoms with Crippen molar-refractivity contribution in [3.63, 3.8) is 0 Å². The first-order valence-electron chi connectivity index (χ1n) is 5.40. The third-order valence-electron chi connectivity index (χ3n) is 2.82. The van der Waals surface area contributed by atoms with E-state index in [9.17, 15) is 9.90 Å². The number of carbonyl (C=O) groups excluding carboxylic acids is 1. The molecule has 86 valence electrons. The molecule has 0 spiro atoms. The second-order valence-electron chi connectivity index (χ2n) is 4.03. The Hall–Kier alpha value is -0.870. The minimum Gasteiger partial charge on any atom is -0.393 e. The molecule has 1 saturated heterocycles. The highest BCUT2D eigenvalue weighted by molar-refractivity contribution is 9.10. The first kappa shape index (κ1) is 11.6. The molecule has 1 heterocycles. The van der Waals surface area contributed by atoms with Gasteiger partial charge in [-0.05, 0) is 31.0 Å². The predicted octanol–water partition coefficient (Wildman–Crippen LogP) is 2.05. The van der Waals surface area contributed by atoms with Gasteiger partial charge in [0.15, 0.2) is 0 Å². The van der Waals surface area contributed by atoms with Gasteiger partial charge in [-0.25, -0.2) is 0 Å². The monoisotopic (exact) mass is 283 g/mol. The number of aliphatic hydroxyl groups excluding tert-OH is 1. The number of piperidine rings is 1. The number of likely N-dealkylation sites (tertiary alicyclic amines) is 1. The molecule has 1 aromatic carbocycles. The van der Waals surface area contributed by atoms with Gasteiger partial charge >= 0.3 is 0 Å². The van der Waals surface area contributed by atoms with Crippen molar-refractivity contribution in [2.75, 3.05) is 13.1 Å². The molecule has 1 amide bonds. The number of rotatable bonds is 1. The Kier molecular flexibility index (Phi) is 3.61. The number of nitrogens with zero attached hydrogens (tertiary/aromatic N) is 1. The highest BCUT2D eigenvalue weighted by Crippen LogP contribution is 2.16. The van der Waals surface area contributed by atoms with Gasteiger partial charge in [0.2, 0.25) is 0 Å². The number of hydrogen-bond donors (Lipinski definition) is 1. The second kappa shape index (κ2) is 4.97. The van der Waals surface area contributed by atoms with E-state index in [1.54, 1.807) is 4.90 Å². The Morgan fingerprint density at radius 2 is 2.06 bits per heavy atom. The van der Waals surface area contributed by atoms with Crippen LogP contribution < -0.4 is 0 Å². The average Bonchev–Trinajstić information content (AvgIpc) is 2.29. The molecule has 3 nitrogen and oxygen atoms in total. The molecule has 0 saturated carbocycles. The van der Waals surface area contributed by atoms with E-state index in [2.05, 4.69) is 15.9 Å². The molecule has 0 radical (unpaired) electrons. The minimum absolute atomic E-state index is 0.0493. The molecule has 1 aliphatic heterocycles. The fourth-order valence-electron chi connectivity index (χ4n) is 1.87. The zero-order chi connectivity index (χ0) is 11.5. The van der Waals surface area contributed by atoms with E-state index in [1.807, 2.05) is 24.3 Å². The van der Waals surface area contributed by atoms with Crippen molar-refractivity contribution in [2.45, 2.75) is 18.9 Å². The van der Waals surface area contributed by atoms with Crippen molar-refractivity contribution in [1.29, 1.82) is 0 Å². The van der Waals surface area contributed by atoms with Crippen LogP contribution in [0.4, 0.5) is 0 Å². The maximum Gasteiger partial charge on any atom is 0.253 e. The van der Waals surface area contributed by atoms with Crippen LogP contribution in [-0.2, 0) is 0 Å². The summed E-state index contributed by atoms with van der Waals surface area (Å²) in [6, 6.07) is 7.40. The molecular weight excluding hydrogens is 270 g/mol. The summed E-state index contributed by atoms with van der Waals surface area (Å²) in [5, 5.41) is 9.38. The van der Waals surface area contributed by atoms with Gasteiger partial charge < -0.3 is 10.0 Å². The van der Waals surface area contributed by atoms with E-state index in [0.717, 1.165) is 4.47 Å². The summed E-state index contributed by atoms with van der Waals surface area (Å²) >= 11 is 3.35. The third kappa shape index (κ3) is 2.62. The molecule has 0 aromatic heterocycles. The normalized spacial score (nSPS) is 17.5. The Balaban J connectivity index is 2.08. The highest BCUT2D eigenvalue weighted by Gasteiger charge is 2.22. The fourth-order valence-corrected chi connectivity index (χ4v) is 2.27. The maximum atomic E-state index is 12.1. The van der Waals surface area contributed by atoms with Crippen molar-refractivity contribution in [3.8, 4) is 0 Å². The fraction of sp³-hybridized carbons (Fsp3) is 0.417. The molecule has 0 bridgehead atoms. The van der Waals surface area contributed by atoms with Crippen LogP contribution in [0, 0.1) is 0 Å². The largest absolute Gasteiger partial charge is 0.393 e. The first-order chi connectivity index (χ1) is 7.66. The lowest BCUT2D eigenvalue weighted by atomic mass is 10.1. The van der Waals surface area contributed by atoms with Crippen LogP contribution >= 0.6 is 15.9 Å². The molecule has 0 aliphatic carbocycles. The summed E-state index contributed by atoms with van der Waals surface area (Å²) < 4.78 is 0.912. The summed E-state index contributed by atoms with van der Waals surface area (Å²) in [5.74, 6) is 0.0493. The van der Waals surface area contributed by atoms with Crippen LogP contribution in [0.5, 0.6) is 0 Å². The van der Waals surface area contributed by atoms with Gasteiger partial charge in [0, 0.05) is 23.1 Å². The van der Waals surface area contributed by atoms with Crippen molar-refractivity contribution < 1.29 is 9.90 Å². The van der Waals surface area contributed by atoms with E-state index in [-0.39, 0.29) is 12.0 Å². The number of aliphatic hydroxyl groups is 1. The van der Waals surface area contributed by atoms with E-state index in [1.165, 1.54) is 0 Å². The van der Waals surface area contributed by atoms with Crippen molar-refractivity contribution in [1.82, 2.24) is 4.90 Å². The lowest BCUT2D eigenvalue weighted by Gasteiger charge is -2.29. The van der Waals surface area contributed by atoms with Crippen LogP contribution in [0.1, 0.15) is 23.2 Å². The molecule has 1 aliphatic rings. The Labute approximate surface area is 103 Å². The van der Waals surface area contributed by atoms with Crippen LogP contribution in [0.3, 0.4) is 0 Å². The smallest absolute Gasteiger partial charge is 0.253 e. The number of amides is 1. The Morgan fingerprint density at radius 3 is 2.69 bits per heavy atom. The van der Waals surface area contributed by atoms with Gasteiger partial charge in [0.25, 0.3) is 5.91 Å². The molecule has 1 aromatic rings. The minimum atomic E-state index is -0.244. The van der Waals surface area contributed by atoms with Gasteiger partial charge in [-0.2, -0.15) is 0 Å². The van der Waals surface area contributed by atoms with E-state index >= 15 is 0 Å². The molecule has 1 fully saturated rings. The van der Waals surface area contributed by atoms with Gasteiger partial charge in [-0.3, -0.25) is 4.79 Å². The molecule has 1 N–H and O–H groups in total. The molecule has 16 heavy (non-hydrogen) atoms. The summed E-state index contributed by atoms with van der Waals surface area (Å²) in [6.45, 7) is 1.29. The number of benzene rings is 1. The van der Waals surface area contributed by atoms with E-state index in [0.29, 0.717) is 31.5 Å². The molecular formula is C12H14BrNO2. The van der Waals surface area contributed by atoms with Gasteiger partial charge in [0.1, 0.15) is 0 Å². The Bertz CT molecular complexity index is 386. The molecule has 2 rings (SSSR count). The third-order valence-corrected chi connectivity index (χ3v) is 3.32. The zero-order valence-corrected chi connectivity index (χ0v) is 10.5. The highest BCUT2D eigenvalue weighted by atomic mass is 79.9. The van der Waals surface area contributed by atoms with Crippen LogP contribution in [0.2, 0.25) is 0 Å². The SMILES string of the molecule is O=C(c1cccc(Br)c1)N1CCC(O)CC1. The number of carbonyl (C=O) groups is 1. The maximum absolute atomic E-state index is 12.1. The van der Waals surface area contributed by atoms with Crippen LogP contribution in [0.15, 0.2) is 28.7 Å². The average molecular weight is 284 g/mol. The number of halogens is 1. The molecule has 0 unspecified atom stereocenters. The van der Waals surface area contributed by atoms with E-state index < -0.39 is 0 Å². The molecule has 0 atom stereocenters. The summed E-state index contributed by atoms with van der Waals surface area (Å²) in [6.07, 6.45) is 1.12. The molecule has 4 heteroatoms. The quantitative estimate of drug-likeness (QED) is 0.857. The second-order valence-corrected chi connectivity index (χ2v) is 4.95. The van der Waals surface area contributed by atoms with Crippen LogP contribution in [0.25, 0.3) is 0 Å². The standard InChI is InChI=1S/C12H14BrNO2/c13-10-3-1-2-9(8-10)12(16)14-6-4-11(15)5-7-14/h1-3,8,11,15H,4-7H2. The van der Waals surface area contributed by atoms with Crippen LogP contribution in [-0.4, -0.2) is 35.1 Å². The van der Waals surface area contributed by atoms with Gasteiger partial charge in [0.05, 0.1) is 6.10 Å².